The third kappa shape index (κ3) is 3.15. The molecule has 0 bridgehead atoms. The van der Waals surface area contributed by atoms with Crippen molar-refractivity contribution in [3.8, 4) is 5.75 Å². The van der Waals surface area contributed by atoms with Gasteiger partial charge in [0.1, 0.15) is 5.75 Å². The molecule has 3 heteroatoms. The molecule has 0 spiro atoms. The summed E-state index contributed by atoms with van der Waals surface area (Å²) in [5, 5.41) is 2.68. The zero-order valence-corrected chi connectivity index (χ0v) is 7.83. The number of hydrogen-bond donors (Lipinski definition) is 1. The van der Waals surface area contributed by atoms with Crippen LogP contribution in [0.5, 0.6) is 5.75 Å². The van der Waals surface area contributed by atoms with E-state index in [-0.39, 0.29) is 5.91 Å². The smallest absolute Gasteiger partial charge is 0.221 e. The lowest BCUT2D eigenvalue weighted by molar-refractivity contribution is -0.114. The Hall–Kier alpha value is -1.51. The zero-order chi connectivity index (χ0) is 9.68. The molecule has 13 heavy (non-hydrogen) atoms. The molecular formula is C10H13NO2. The Morgan fingerprint density at radius 3 is 2.46 bits per heavy atom. The third-order valence-corrected chi connectivity index (χ3v) is 1.49. The van der Waals surface area contributed by atoms with Gasteiger partial charge in [-0.1, -0.05) is 0 Å². The molecule has 1 aromatic rings. The minimum absolute atomic E-state index is 0.0656. The number of benzene rings is 1. The fourth-order valence-corrected chi connectivity index (χ4v) is 1.00. The maximum Gasteiger partial charge on any atom is 0.221 e. The lowest BCUT2D eigenvalue weighted by Crippen LogP contribution is -2.05. The van der Waals surface area contributed by atoms with Crippen molar-refractivity contribution in [3.63, 3.8) is 0 Å². The van der Waals surface area contributed by atoms with Gasteiger partial charge in [-0.3, -0.25) is 4.79 Å². The molecule has 0 atom stereocenters. The first-order valence-electron chi connectivity index (χ1n) is 4.23. The highest BCUT2D eigenvalue weighted by Gasteiger charge is 1.95. The van der Waals surface area contributed by atoms with Gasteiger partial charge in [0.15, 0.2) is 0 Å². The molecule has 0 saturated carbocycles. The fraction of sp³-hybridized carbons (Fsp3) is 0.300. The summed E-state index contributed by atoms with van der Waals surface area (Å²) in [6, 6.07) is 7.28. The Labute approximate surface area is 77.7 Å². The van der Waals surface area contributed by atoms with E-state index in [4.69, 9.17) is 4.74 Å². The van der Waals surface area contributed by atoms with Gasteiger partial charge < -0.3 is 10.1 Å². The van der Waals surface area contributed by atoms with Crippen LogP contribution in [-0.2, 0) is 4.79 Å². The van der Waals surface area contributed by atoms with E-state index in [0.29, 0.717) is 6.61 Å². The molecule has 0 saturated heterocycles. The van der Waals surface area contributed by atoms with E-state index >= 15 is 0 Å². The first kappa shape index (κ1) is 9.58. The lowest BCUT2D eigenvalue weighted by atomic mass is 10.3. The first-order chi connectivity index (χ1) is 6.22. The molecule has 0 fully saturated rings. The van der Waals surface area contributed by atoms with Crippen molar-refractivity contribution in [2.75, 3.05) is 11.9 Å². The van der Waals surface area contributed by atoms with Crippen LogP contribution in [0.1, 0.15) is 13.8 Å². The Morgan fingerprint density at radius 2 is 2.00 bits per heavy atom. The number of carbonyl (C=O) groups excluding carboxylic acids is 1. The number of rotatable bonds is 3. The molecule has 1 amide bonds. The number of nitrogens with one attached hydrogen (secondary N) is 1. The molecule has 1 N–H and O–H groups in total. The van der Waals surface area contributed by atoms with Gasteiger partial charge in [-0.2, -0.15) is 0 Å². The van der Waals surface area contributed by atoms with Gasteiger partial charge >= 0.3 is 0 Å². The molecular weight excluding hydrogens is 167 g/mol. The zero-order valence-electron chi connectivity index (χ0n) is 7.83. The molecule has 0 aromatic heterocycles. The summed E-state index contributed by atoms with van der Waals surface area (Å²) >= 11 is 0. The summed E-state index contributed by atoms with van der Waals surface area (Å²) in [6.07, 6.45) is 0. The molecule has 1 rings (SSSR count). The van der Waals surface area contributed by atoms with E-state index in [1.54, 1.807) is 0 Å². The molecule has 0 radical (unpaired) electrons. The largest absolute Gasteiger partial charge is 0.494 e. The predicted octanol–water partition coefficient (Wildman–Crippen LogP) is 2.04. The van der Waals surface area contributed by atoms with Crippen LogP contribution in [0.25, 0.3) is 0 Å². The van der Waals surface area contributed by atoms with E-state index in [2.05, 4.69) is 5.32 Å². The second kappa shape index (κ2) is 4.50. The van der Waals surface area contributed by atoms with Gasteiger partial charge in [-0.25, -0.2) is 0 Å². The topological polar surface area (TPSA) is 38.3 Å². The second-order valence-corrected chi connectivity index (χ2v) is 2.64. The Morgan fingerprint density at radius 1 is 1.38 bits per heavy atom. The van der Waals surface area contributed by atoms with Crippen molar-refractivity contribution in [3.05, 3.63) is 24.3 Å². The lowest BCUT2D eigenvalue weighted by Gasteiger charge is -2.04. The summed E-state index contributed by atoms with van der Waals surface area (Å²) in [5.41, 5.74) is 0.788. The SMILES string of the molecule is CC(=O)Nc1ccc(OC[13CH3])cc1. The number of anilines is 1. The molecule has 0 aliphatic heterocycles. The Bertz CT molecular complexity index is 279. The average Bonchev–Trinajstić information content (AvgIpc) is 2.08. The number of hydrogen-bond acceptors (Lipinski definition) is 2. The maximum atomic E-state index is 10.7. The molecule has 0 aliphatic rings. The van der Waals surface area contributed by atoms with Gasteiger partial charge in [0, 0.05) is 12.6 Å². The summed E-state index contributed by atoms with van der Waals surface area (Å²) in [6.45, 7) is 4.07. The predicted molar refractivity (Wildman–Crippen MR) is 51.9 cm³/mol. The van der Waals surface area contributed by atoms with Gasteiger partial charge in [-0.05, 0) is 31.2 Å². The quantitative estimate of drug-likeness (QED) is 0.723. The summed E-state index contributed by atoms with van der Waals surface area (Å²) in [7, 11) is 0. The van der Waals surface area contributed by atoms with Crippen molar-refractivity contribution in [1.29, 1.82) is 0 Å². The monoisotopic (exact) mass is 180 g/mol. The van der Waals surface area contributed by atoms with Crippen molar-refractivity contribution in [2.24, 2.45) is 0 Å². The van der Waals surface area contributed by atoms with Crippen molar-refractivity contribution >= 4 is 11.6 Å². The first-order valence-corrected chi connectivity index (χ1v) is 4.23. The van der Waals surface area contributed by atoms with E-state index in [1.165, 1.54) is 6.92 Å². The van der Waals surface area contributed by atoms with E-state index in [0.717, 1.165) is 11.4 Å². The average molecular weight is 180 g/mol. The number of amides is 1. The minimum Gasteiger partial charge on any atom is -0.494 e. The second-order valence-electron chi connectivity index (χ2n) is 2.64. The number of carbonyl (C=O) groups is 1. The molecule has 0 unspecified atom stereocenters. The van der Waals surface area contributed by atoms with Gasteiger partial charge in [0.25, 0.3) is 0 Å². The Balaban J connectivity index is 2.64. The van der Waals surface area contributed by atoms with Crippen molar-refractivity contribution in [2.45, 2.75) is 13.8 Å². The summed E-state index contributed by atoms with van der Waals surface area (Å²) < 4.78 is 5.25. The van der Waals surface area contributed by atoms with Gasteiger partial charge in [0.2, 0.25) is 5.91 Å². The number of ether oxygens (including phenoxy) is 1. The van der Waals surface area contributed by atoms with Crippen LogP contribution < -0.4 is 10.1 Å². The highest BCUT2D eigenvalue weighted by molar-refractivity contribution is 5.88. The van der Waals surface area contributed by atoms with Crippen LogP contribution in [0.4, 0.5) is 5.69 Å². The van der Waals surface area contributed by atoms with E-state index < -0.39 is 0 Å². The van der Waals surface area contributed by atoms with Crippen LogP contribution in [-0.4, -0.2) is 12.5 Å². The van der Waals surface area contributed by atoms with Crippen LogP contribution in [0.15, 0.2) is 24.3 Å². The van der Waals surface area contributed by atoms with E-state index in [1.807, 2.05) is 31.2 Å². The molecule has 3 nitrogen and oxygen atoms in total. The molecule has 0 aliphatic carbocycles. The molecule has 0 heterocycles. The minimum atomic E-state index is -0.0656. The van der Waals surface area contributed by atoms with Crippen molar-refractivity contribution in [1.82, 2.24) is 0 Å². The van der Waals surface area contributed by atoms with Crippen LogP contribution in [0, 0.1) is 0 Å². The van der Waals surface area contributed by atoms with E-state index in [9.17, 15) is 4.79 Å². The molecule has 70 valence electrons. The maximum absolute atomic E-state index is 10.7. The van der Waals surface area contributed by atoms with Crippen LogP contribution in [0.2, 0.25) is 0 Å². The third-order valence-electron chi connectivity index (χ3n) is 1.49. The van der Waals surface area contributed by atoms with Crippen LogP contribution >= 0.6 is 0 Å². The van der Waals surface area contributed by atoms with Crippen molar-refractivity contribution < 1.29 is 9.53 Å². The van der Waals surface area contributed by atoms with Crippen LogP contribution in [0.3, 0.4) is 0 Å². The highest BCUT2D eigenvalue weighted by Crippen LogP contribution is 2.15. The Kier molecular flexibility index (Phi) is 3.31. The highest BCUT2D eigenvalue weighted by atomic mass is 16.5. The van der Waals surface area contributed by atoms with Gasteiger partial charge in [0.05, 0.1) is 6.61 Å². The summed E-state index contributed by atoms with van der Waals surface area (Å²) in [5.74, 6) is 0.751. The fourth-order valence-electron chi connectivity index (χ4n) is 1.00. The molecule has 1 aromatic carbocycles. The van der Waals surface area contributed by atoms with Gasteiger partial charge in [-0.15, -0.1) is 0 Å². The normalized spacial score (nSPS) is 9.38. The standard InChI is InChI=1S/C10H13NO2/c1-3-13-10-6-4-9(5-7-10)11-8(2)12/h4-7H,3H2,1-2H3,(H,11,12)/i1+1. The summed E-state index contributed by atoms with van der Waals surface area (Å²) in [4.78, 5) is 10.7.